The Balaban J connectivity index is 1.37. The minimum atomic E-state index is -0.178. The molecule has 0 radical (unpaired) electrons. The quantitative estimate of drug-likeness (QED) is 0.586. The van der Waals surface area contributed by atoms with Gasteiger partial charge in [-0.3, -0.25) is 9.79 Å². The molecule has 2 aliphatic heterocycles. The number of guanidine groups is 1. The minimum Gasteiger partial charge on any atom is -0.369 e. The first-order chi connectivity index (χ1) is 14.6. The molecule has 3 fully saturated rings. The normalized spacial score (nSPS) is 22.5. The number of hydrogen-bond acceptors (Lipinski definition) is 4. The molecule has 1 aliphatic carbocycles. The second-order valence-corrected chi connectivity index (χ2v) is 9.28. The molecule has 0 atom stereocenters. The molecule has 2 saturated heterocycles. The number of carbonyl (C=O) groups is 1. The number of anilines is 1. The summed E-state index contributed by atoms with van der Waals surface area (Å²) < 4.78 is 0. The minimum absolute atomic E-state index is 0.00682. The van der Waals surface area contributed by atoms with Crippen molar-refractivity contribution in [3.63, 3.8) is 0 Å². The summed E-state index contributed by atoms with van der Waals surface area (Å²) in [6.45, 7) is 4.57. The number of nitrogens with zero attached hydrogens (tertiary/aromatic N) is 4. The first-order valence-corrected chi connectivity index (χ1v) is 11.5. The number of amides is 1. The van der Waals surface area contributed by atoms with Gasteiger partial charge in [0.1, 0.15) is 5.82 Å². The van der Waals surface area contributed by atoms with Crippen molar-refractivity contribution in [2.24, 2.45) is 22.1 Å². The second kappa shape index (κ2) is 9.23. The van der Waals surface area contributed by atoms with Gasteiger partial charge in [0.25, 0.3) is 0 Å². The van der Waals surface area contributed by atoms with Crippen LogP contribution in [0.5, 0.6) is 0 Å². The highest BCUT2D eigenvalue weighted by Gasteiger charge is 2.39. The number of hydrogen-bond donors (Lipinski definition) is 2. The van der Waals surface area contributed by atoms with Gasteiger partial charge in [-0.05, 0) is 43.6 Å². The number of nitrogens with two attached hydrogens (primary N) is 1. The first kappa shape index (κ1) is 20.9. The van der Waals surface area contributed by atoms with Crippen LogP contribution in [0.25, 0.3) is 0 Å². The predicted octanol–water partition coefficient (Wildman–Crippen LogP) is 2.51. The highest BCUT2D eigenvalue weighted by molar-refractivity contribution is 5.80. The van der Waals surface area contributed by atoms with E-state index in [9.17, 15) is 4.79 Å². The molecule has 1 saturated carbocycles. The molecule has 1 aromatic rings. The maximum Gasteiger partial charge on any atom is 0.220 e. The van der Waals surface area contributed by atoms with Gasteiger partial charge in [0.05, 0.1) is 0 Å². The Morgan fingerprint density at radius 2 is 2.00 bits per heavy atom. The fourth-order valence-electron chi connectivity index (χ4n) is 5.56. The molecule has 3 heterocycles. The van der Waals surface area contributed by atoms with Crippen LogP contribution in [0.2, 0.25) is 0 Å². The highest BCUT2D eigenvalue weighted by atomic mass is 16.1. The Morgan fingerprint density at radius 3 is 2.70 bits per heavy atom. The van der Waals surface area contributed by atoms with E-state index in [-0.39, 0.29) is 11.8 Å². The molecule has 0 aromatic carbocycles. The van der Waals surface area contributed by atoms with Crippen molar-refractivity contribution in [3.05, 3.63) is 23.9 Å². The lowest BCUT2D eigenvalue weighted by Gasteiger charge is -2.34. The monoisotopic (exact) mass is 412 g/mol. The molecule has 1 amide bonds. The summed E-state index contributed by atoms with van der Waals surface area (Å²) in [6.07, 6.45) is 11.6. The van der Waals surface area contributed by atoms with Crippen molar-refractivity contribution in [1.29, 1.82) is 0 Å². The van der Waals surface area contributed by atoms with Crippen LogP contribution in [0, 0.1) is 11.3 Å². The van der Waals surface area contributed by atoms with Crippen LogP contribution in [0.15, 0.2) is 23.3 Å². The summed E-state index contributed by atoms with van der Waals surface area (Å²) in [6, 6.07) is 4.13. The van der Waals surface area contributed by atoms with Crippen molar-refractivity contribution in [1.82, 2.24) is 15.2 Å². The van der Waals surface area contributed by atoms with Crippen LogP contribution in [0.1, 0.15) is 56.9 Å². The molecule has 0 bridgehead atoms. The molecule has 0 unspecified atom stereocenters. The van der Waals surface area contributed by atoms with Crippen molar-refractivity contribution in [2.45, 2.75) is 57.9 Å². The molecule has 164 valence electrons. The van der Waals surface area contributed by atoms with Gasteiger partial charge < -0.3 is 20.9 Å². The smallest absolute Gasteiger partial charge is 0.220 e. The zero-order chi connectivity index (χ0) is 21.0. The summed E-state index contributed by atoms with van der Waals surface area (Å²) in [5.74, 6) is 1.82. The first-order valence-electron chi connectivity index (χ1n) is 11.5. The van der Waals surface area contributed by atoms with Gasteiger partial charge in [-0.2, -0.15) is 0 Å². The van der Waals surface area contributed by atoms with Crippen LogP contribution >= 0.6 is 0 Å². The average Bonchev–Trinajstić information content (AvgIpc) is 3.18. The van der Waals surface area contributed by atoms with Gasteiger partial charge in [-0.1, -0.05) is 25.3 Å². The van der Waals surface area contributed by atoms with Crippen molar-refractivity contribution >= 4 is 17.7 Å². The number of pyridine rings is 1. The number of carbonyl (C=O) groups excluding carboxylic acids is 1. The van der Waals surface area contributed by atoms with Crippen molar-refractivity contribution in [3.8, 4) is 0 Å². The lowest BCUT2D eigenvalue weighted by atomic mass is 9.73. The summed E-state index contributed by atoms with van der Waals surface area (Å²) in [7, 11) is 1.88. The Hall–Kier alpha value is -2.31. The van der Waals surface area contributed by atoms with E-state index in [0.29, 0.717) is 12.0 Å². The Morgan fingerprint density at radius 1 is 1.23 bits per heavy atom. The van der Waals surface area contributed by atoms with E-state index in [1.807, 2.05) is 19.3 Å². The van der Waals surface area contributed by atoms with E-state index >= 15 is 0 Å². The maximum absolute atomic E-state index is 11.5. The number of likely N-dealkylation sites (tertiary alicyclic amines) is 1. The van der Waals surface area contributed by atoms with E-state index in [1.54, 1.807) is 0 Å². The third kappa shape index (κ3) is 4.55. The number of rotatable bonds is 4. The van der Waals surface area contributed by atoms with Gasteiger partial charge in [0.15, 0.2) is 5.96 Å². The summed E-state index contributed by atoms with van der Waals surface area (Å²) in [4.78, 5) is 25.4. The third-order valence-corrected chi connectivity index (χ3v) is 7.37. The molecule has 1 aromatic heterocycles. The van der Waals surface area contributed by atoms with Crippen LogP contribution in [0.4, 0.5) is 5.82 Å². The van der Waals surface area contributed by atoms with E-state index in [2.05, 4.69) is 31.2 Å². The fourth-order valence-corrected chi connectivity index (χ4v) is 5.56. The largest absolute Gasteiger partial charge is 0.369 e. The molecule has 3 aliphatic rings. The second-order valence-electron chi connectivity index (χ2n) is 9.28. The topological polar surface area (TPSA) is 86.9 Å². The Bertz CT molecular complexity index is 765. The lowest BCUT2D eigenvalue weighted by molar-refractivity contribution is -0.122. The van der Waals surface area contributed by atoms with Gasteiger partial charge in [0.2, 0.25) is 5.91 Å². The van der Waals surface area contributed by atoms with Gasteiger partial charge in [0, 0.05) is 57.4 Å². The third-order valence-electron chi connectivity index (χ3n) is 7.37. The lowest BCUT2D eigenvalue weighted by Crippen LogP contribution is -2.42. The molecule has 3 N–H and O–H groups in total. The molecule has 4 rings (SSSR count). The molecule has 1 spiro atoms. The Labute approximate surface area is 180 Å². The molecule has 30 heavy (non-hydrogen) atoms. The zero-order valence-corrected chi connectivity index (χ0v) is 18.3. The molecule has 7 heteroatoms. The zero-order valence-electron chi connectivity index (χ0n) is 18.3. The van der Waals surface area contributed by atoms with Crippen LogP contribution < -0.4 is 16.0 Å². The standard InChI is InChI=1S/C23H36N6O/c1-25-22(29-15-11-23(17-29)9-3-2-4-10-23)27-16-19-6-5-12-26-21(19)28-13-7-18(8-14-28)20(24)30/h5-6,12,18H,2-4,7-11,13-17H2,1H3,(H2,24,30)(H,25,27). The van der Waals surface area contributed by atoms with Crippen molar-refractivity contribution < 1.29 is 4.79 Å². The Kier molecular flexibility index (Phi) is 6.44. The van der Waals surface area contributed by atoms with E-state index in [4.69, 9.17) is 5.73 Å². The number of primary amides is 1. The molecular weight excluding hydrogens is 376 g/mol. The van der Waals surface area contributed by atoms with Crippen LogP contribution in [0.3, 0.4) is 0 Å². The van der Waals surface area contributed by atoms with Gasteiger partial charge >= 0.3 is 0 Å². The van der Waals surface area contributed by atoms with E-state index in [0.717, 1.165) is 50.8 Å². The number of aromatic nitrogens is 1. The average molecular weight is 413 g/mol. The van der Waals surface area contributed by atoms with Crippen LogP contribution in [-0.4, -0.2) is 55.0 Å². The summed E-state index contributed by atoms with van der Waals surface area (Å²) in [5, 5.41) is 3.59. The maximum atomic E-state index is 11.5. The van der Waals surface area contributed by atoms with Crippen molar-refractivity contribution in [2.75, 3.05) is 38.1 Å². The van der Waals surface area contributed by atoms with E-state index < -0.39 is 0 Å². The van der Waals surface area contributed by atoms with Crippen LogP contribution in [-0.2, 0) is 11.3 Å². The number of piperidine rings is 1. The van der Waals surface area contributed by atoms with E-state index in [1.165, 1.54) is 44.1 Å². The van der Waals surface area contributed by atoms with Gasteiger partial charge in [-0.15, -0.1) is 0 Å². The highest BCUT2D eigenvalue weighted by Crippen LogP contribution is 2.43. The summed E-state index contributed by atoms with van der Waals surface area (Å²) in [5.41, 5.74) is 7.17. The molecular formula is C23H36N6O. The SMILES string of the molecule is CN=C(NCc1cccnc1N1CCC(C(N)=O)CC1)N1CCC2(CCCCC2)C1. The number of aliphatic imine (C=N–C) groups is 1. The summed E-state index contributed by atoms with van der Waals surface area (Å²) >= 11 is 0. The fraction of sp³-hybridized carbons (Fsp3) is 0.696. The predicted molar refractivity (Wildman–Crippen MR) is 120 cm³/mol. The molecule has 7 nitrogen and oxygen atoms in total. The number of nitrogens with one attached hydrogen (secondary N) is 1. The van der Waals surface area contributed by atoms with Gasteiger partial charge in [-0.25, -0.2) is 4.98 Å².